The van der Waals surface area contributed by atoms with Crippen LogP contribution in [0.5, 0.6) is 11.5 Å². The monoisotopic (exact) mass is 300 g/mol. The molecule has 2 N–H and O–H groups in total. The summed E-state index contributed by atoms with van der Waals surface area (Å²) in [6.45, 7) is 1.08. The van der Waals surface area contributed by atoms with Gasteiger partial charge in [0.15, 0.2) is 0 Å². The van der Waals surface area contributed by atoms with Crippen molar-refractivity contribution in [3.63, 3.8) is 0 Å². The van der Waals surface area contributed by atoms with Crippen molar-refractivity contribution in [3.8, 4) is 11.5 Å². The molecule has 0 atom stereocenters. The number of carbonyl (C=O) groups excluding carboxylic acids is 1. The fraction of sp³-hybridized carbons (Fsp3) is 0.235. The quantitative estimate of drug-likeness (QED) is 0.735. The molecule has 0 aliphatic carbocycles. The Hall–Kier alpha value is -2.69. The predicted molar refractivity (Wildman–Crippen MR) is 86.4 cm³/mol. The summed E-state index contributed by atoms with van der Waals surface area (Å²) in [4.78, 5) is 11.8. The van der Waals surface area contributed by atoms with E-state index in [0.29, 0.717) is 18.9 Å². The van der Waals surface area contributed by atoms with Crippen molar-refractivity contribution >= 4 is 11.6 Å². The molecule has 0 saturated heterocycles. The van der Waals surface area contributed by atoms with E-state index in [9.17, 15) is 4.79 Å². The molecule has 0 unspecified atom stereocenters. The number of amides is 1. The second-order valence-corrected chi connectivity index (χ2v) is 4.57. The first kappa shape index (κ1) is 15.7. The van der Waals surface area contributed by atoms with Crippen LogP contribution >= 0.6 is 0 Å². The lowest BCUT2D eigenvalue weighted by Gasteiger charge is -2.11. The Labute approximate surface area is 130 Å². The smallest absolute Gasteiger partial charge is 0.239 e. The average Bonchev–Trinajstić information content (AvgIpc) is 2.58. The van der Waals surface area contributed by atoms with Crippen molar-refractivity contribution in [2.24, 2.45) is 0 Å². The first-order valence-electron chi connectivity index (χ1n) is 7.11. The minimum absolute atomic E-state index is 0.0948. The molecule has 0 aliphatic rings. The van der Waals surface area contributed by atoms with Gasteiger partial charge in [0.05, 0.1) is 25.9 Å². The first-order chi connectivity index (χ1) is 10.8. The van der Waals surface area contributed by atoms with Gasteiger partial charge >= 0.3 is 0 Å². The van der Waals surface area contributed by atoms with Gasteiger partial charge in [0, 0.05) is 0 Å². The van der Waals surface area contributed by atoms with E-state index in [1.807, 2.05) is 54.6 Å². The zero-order valence-electron chi connectivity index (χ0n) is 12.5. The highest BCUT2D eigenvalue weighted by atomic mass is 16.5. The van der Waals surface area contributed by atoms with Gasteiger partial charge in [0.25, 0.3) is 0 Å². The number of rotatable bonds is 8. The molecule has 0 heterocycles. The largest absolute Gasteiger partial charge is 0.495 e. The molecule has 116 valence electrons. The van der Waals surface area contributed by atoms with Crippen LogP contribution in [0.1, 0.15) is 0 Å². The van der Waals surface area contributed by atoms with E-state index in [0.717, 1.165) is 11.4 Å². The molecule has 2 rings (SSSR count). The van der Waals surface area contributed by atoms with Crippen LogP contribution in [0, 0.1) is 0 Å². The molecule has 0 saturated carbocycles. The van der Waals surface area contributed by atoms with E-state index in [4.69, 9.17) is 9.47 Å². The highest BCUT2D eigenvalue weighted by molar-refractivity contribution is 5.81. The van der Waals surface area contributed by atoms with E-state index in [1.165, 1.54) is 0 Å². The Morgan fingerprint density at radius 2 is 1.77 bits per heavy atom. The van der Waals surface area contributed by atoms with Crippen LogP contribution in [0.2, 0.25) is 0 Å². The Kier molecular flexibility index (Phi) is 6.11. The van der Waals surface area contributed by atoms with E-state index in [1.54, 1.807) is 7.11 Å². The van der Waals surface area contributed by atoms with Crippen LogP contribution in [0.4, 0.5) is 5.69 Å². The van der Waals surface area contributed by atoms with E-state index in [2.05, 4.69) is 10.6 Å². The van der Waals surface area contributed by atoms with Crippen molar-refractivity contribution in [1.29, 1.82) is 0 Å². The van der Waals surface area contributed by atoms with Crippen LogP contribution in [-0.2, 0) is 4.79 Å². The fourth-order valence-corrected chi connectivity index (χ4v) is 1.90. The van der Waals surface area contributed by atoms with Crippen molar-refractivity contribution < 1.29 is 14.3 Å². The lowest BCUT2D eigenvalue weighted by Crippen LogP contribution is -2.33. The second-order valence-electron chi connectivity index (χ2n) is 4.57. The standard InChI is InChI=1S/C17H20N2O3/c1-21-16-10-6-5-9-15(16)19-13-17(20)18-11-12-22-14-7-3-2-4-8-14/h2-10,19H,11-13H2,1H3,(H,18,20). The maximum Gasteiger partial charge on any atom is 0.239 e. The van der Waals surface area contributed by atoms with Gasteiger partial charge in [-0.1, -0.05) is 30.3 Å². The molecule has 2 aromatic rings. The van der Waals surface area contributed by atoms with E-state index in [-0.39, 0.29) is 12.5 Å². The lowest BCUT2D eigenvalue weighted by atomic mass is 10.3. The molecule has 0 bridgehead atoms. The number of para-hydroxylation sites is 3. The van der Waals surface area contributed by atoms with Gasteiger partial charge in [0.1, 0.15) is 18.1 Å². The zero-order chi connectivity index (χ0) is 15.6. The second kappa shape index (κ2) is 8.56. The lowest BCUT2D eigenvalue weighted by molar-refractivity contribution is -0.119. The first-order valence-corrected chi connectivity index (χ1v) is 7.11. The van der Waals surface area contributed by atoms with Crippen LogP contribution in [0.25, 0.3) is 0 Å². The summed E-state index contributed by atoms with van der Waals surface area (Å²) in [5.41, 5.74) is 0.792. The molecule has 2 aromatic carbocycles. The summed E-state index contributed by atoms with van der Waals surface area (Å²) < 4.78 is 10.7. The number of benzene rings is 2. The van der Waals surface area contributed by atoms with Crippen LogP contribution in [0.15, 0.2) is 54.6 Å². The number of hydrogen-bond acceptors (Lipinski definition) is 4. The SMILES string of the molecule is COc1ccccc1NCC(=O)NCCOc1ccccc1. The van der Waals surface area contributed by atoms with Gasteiger partial charge in [-0.3, -0.25) is 4.79 Å². The highest BCUT2D eigenvalue weighted by Gasteiger charge is 2.04. The van der Waals surface area contributed by atoms with Crippen LogP contribution in [-0.4, -0.2) is 32.7 Å². The number of hydrogen-bond donors (Lipinski definition) is 2. The third kappa shape index (κ3) is 5.01. The topological polar surface area (TPSA) is 59.6 Å². The minimum Gasteiger partial charge on any atom is -0.495 e. The van der Waals surface area contributed by atoms with Gasteiger partial charge in [-0.05, 0) is 24.3 Å². The maximum absolute atomic E-state index is 11.8. The van der Waals surface area contributed by atoms with Gasteiger partial charge in [-0.15, -0.1) is 0 Å². The van der Waals surface area contributed by atoms with Crippen LogP contribution < -0.4 is 20.1 Å². The summed E-state index contributed by atoms with van der Waals surface area (Å²) >= 11 is 0. The van der Waals surface area contributed by atoms with Crippen molar-refractivity contribution in [1.82, 2.24) is 5.32 Å². The number of ether oxygens (including phenoxy) is 2. The van der Waals surface area contributed by atoms with E-state index < -0.39 is 0 Å². The summed E-state index contributed by atoms with van der Waals surface area (Å²) in [6.07, 6.45) is 0. The Morgan fingerprint density at radius 1 is 1.05 bits per heavy atom. The minimum atomic E-state index is -0.0948. The molecule has 5 heteroatoms. The highest BCUT2D eigenvalue weighted by Crippen LogP contribution is 2.22. The molecule has 22 heavy (non-hydrogen) atoms. The molecular weight excluding hydrogens is 280 g/mol. The molecule has 0 aromatic heterocycles. The van der Waals surface area contributed by atoms with Crippen molar-refractivity contribution in [2.75, 3.05) is 32.1 Å². The number of nitrogens with one attached hydrogen (secondary N) is 2. The summed E-state index contributed by atoms with van der Waals surface area (Å²) in [5, 5.41) is 5.84. The Balaban J connectivity index is 1.66. The fourth-order valence-electron chi connectivity index (χ4n) is 1.90. The van der Waals surface area contributed by atoms with Crippen LogP contribution in [0.3, 0.4) is 0 Å². The maximum atomic E-state index is 11.8. The van der Waals surface area contributed by atoms with Gasteiger partial charge < -0.3 is 20.1 Å². The van der Waals surface area contributed by atoms with Gasteiger partial charge in [-0.25, -0.2) is 0 Å². The molecule has 0 aliphatic heterocycles. The zero-order valence-corrected chi connectivity index (χ0v) is 12.5. The van der Waals surface area contributed by atoms with Crippen molar-refractivity contribution in [2.45, 2.75) is 0 Å². The third-order valence-corrected chi connectivity index (χ3v) is 2.98. The Bertz CT molecular complexity index is 587. The third-order valence-electron chi connectivity index (χ3n) is 2.98. The summed E-state index contributed by atoms with van der Waals surface area (Å²) in [7, 11) is 1.60. The summed E-state index contributed by atoms with van der Waals surface area (Å²) in [6, 6.07) is 17.0. The number of methoxy groups -OCH3 is 1. The molecular formula is C17H20N2O3. The van der Waals surface area contributed by atoms with Crippen molar-refractivity contribution in [3.05, 3.63) is 54.6 Å². The summed E-state index contributed by atoms with van der Waals surface area (Å²) in [5.74, 6) is 1.41. The van der Waals surface area contributed by atoms with E-state index >= 15 is 0 Å². The Morgan fingerprint density at radius 3 is 2.55 bits per heavy atom. The molecule has 0 fully saturated rings. The predicted octanol–water partition coefficient (Wildman–Crippen LogP) is 2.30. The number of anilines is 1. The normalized spacial score (nSPS) is 9.86. The van der Waals surface area contributed by atoms with Gasteiger partial charge in [-0.2, -0.15) is 0 Å². The molecule has 1 amide bonds. The number of carbonyl (C=O) groups is 1. The van der Waals surface area contributed by atoms with Gasteiger partial charge in [0.2, 0.25) is 5.91 Å². The average molecular weight is 300 g/mol. The molecule has 0 radical (unpaired) electrons. The molecule has 0 spiro atoms. The molecule has 5 nitrogen and oxygen atoms in total.